The van der Waals surface area contributed by atoms with Gasteiger partial charge in [0.2, 0.25) is 5.91 Å². The zero-order valence-electron chi connectivity index (χ0n) is 10.2. The quantitative estimate of drug-likeness (QED) is 0.699. The number of hydrogen-bond acceptors (Lipinski definition) is 3. The number of nitrogens with one attached hydrogen (secondary N) is 1. The first-order valence-electron chi connectivity index (χ1n) is 6.24. The van der Waals surface area contributed by atoms with Gasteiger partial charge < -0.3 is 15.8 Å². The third kappa shape index (κ3) is 2.38. The highest BCUT2D eigenvalue weighted by Crippen LogP contribution is 2.40. The Balaban J connectivity index is 1.82. The summed E-state index contributed by atoms with van der Waals surface area (Å²) in [5, 5.41) is 3.11. The second-order valence-corrected chi connectivity index (χ2v) is 5.22. The van der Waals surface area contributed by atoms with E-state index in [0.717, 1.165) is 6.42 Å². The van der Waals surface area contributed by atoms with Crippen molar-refractivity contribution in [2.24, 2.45) is 17.6 Å². The maximum absolute atomic E-state index is 12.0. The van der Waals surface area contributed by atoms with Gasteiger partial charge in [-0.1, -0.05) is 0 Å². The summed E-state index contributed by atoms with van der Waals surface area (Å²) >= 11 is 0. The maximum Gasteiger partial charge on any atom is 0.226 e. The molecule has 4 heteroatoms. The molecule has 2 rings (SSSR count). The molecule has 2 saturated carbocycles. The molecule has 1 amide bonds. The maximum atomic E-state index is 12.0. The monoisotopic (exact) mass is 226 g/mol. The van der Waals surface area contributed by atoms with Crippen LogP contribution in [-0.2, 0) is 9.53 Å². The molecule has 92 valence electrons. The van der Waals surface area contributed by atoms with Crippen molar-refractivity contribution in [3.05, 3.63) is 0 Å². The van der Waals surface area contributed by atoms with Crippen LogP contribution in [0.2, 0.25) is 0 Å². The summed E-state index contributed by atoms with van der Waals surface area (Å²) in [5.74, 6) is 0.758. The molecule has 3 atom stereocenters. The van der Waals surface area contributed by atoms with E-state index in [4.69, 9.17) is 10.5 Å². The van der Waals surface area contributed by atoms with Crippen molar-refractivity contribution < 1.29 is 9.53 Å². The van der Waals surface area contributed by atoms with Gasteiger partial charge in [0.15, 0.2) is 0 Å². The van der Waals surface area contributed by atoms with E-state index in [0.29, 0.717) is 19.1 Å². The molecule has 0 aromatic carbocycles. The standard InChI is InChI=1S/C12H22N2O2/c1-3-16-10-6-9(10)11(15)14-12(2,7-13)8-4-5-8/h8-10H,3-7,13H2,1-2H3,(H,14,15). The SMILES string of the molecule is CCOC1CC1C(=O)NC(C)(CN)C1CC1. The van der Waals surface area contributed by atoms with Crippen LogP contribution in [0.15, 0.2) is 0 Å². The highest BCUT2D eigenvalue weighted by molar-refractivity contribution is 5.82. The molecular formula is C12H22N2O2. The lowest BCUT2D eigenvalue weighted by molar-refractivity contribution is -0.125. The Morgan fingerprint density at radius 2 is 2.25 bits per heavy atom. The Hall–Kier alpha value is -0.610. The minimum Gasteiger partial charge on any atom is -0.378 e. The summed E-state index contributed by atoms with van der Waals surface area (Å²) in [6.07, 6.45) is 3.39. The molecule has 2 fully saturated rings. The first-order valence-corrected chi connectivity index (χ1v) is 6.24. The van der Waals surface area contributed by atoms with E-state index in [9.17, 15) is 4.79 Å². The first-order chi connectivity index (χ1) is 7.60. The molecule has 0 aromatic heterocycles. The van der Waals surface area contributed by atoms with Crippen LogP contribution in [0.4, 0.5) is 0 Å². The van der Waals surface area contributed by atoms with Crippen molar-refractivity contribution in [3.8, 4) is 0 Å². The molecule has 0 heterocycles. The van der Waals surface area contributed by atoms with Crippen LogP contribution in [0.3, 0.4) is 0 Å². The van der Waals surface area contributed by atoms with Gasteiger partial charge in [-0.05, 0) is 39.0 Å². The predicted octanol–water partition coefficient (Wildman–Crippen LogP) is 0.655. The first kappa shape index (κ1) is 11.9. The molecule has 0 saturated heterocycles. The molecule has 3 N–H and O–H groups in total. The number of carbonyl (C=O) groups excluding carboxylic acids is 1. The average molecular weight is 226 g/mol. The summed E-state index contributed by atoms with van der Waals surface area (Å²) in [6.45, 7) is 5.22. The van der Waals surface area contributed by atoms with E-state index in [1.54, 1.807) is 0 Å². The highest BCUT2D eigenvalue weighted by Gasteiger charge is 2.48. The van der Waals surface area contributed by atoms with E-state index < -0.39 is 0 Å². The van der Waals surface area contributed by atoms with Crippen molar-refractivity contribution in [2.75, 3.05) is 13.2 Å². The number of rotatable bonds is 6. The van der Waals surface area contributed by atoms with E-state index in [2.05, 4.69) is 12.2 Å². The van der Waals surface area contributed by atoms with Crippen LogP contribution in [-0.4, -0.2) is 30.7 Å². The summed E-state index contributed by atoms with van der Waals surface area (Å²) in [4.78, 5) is 12.0. The topological polar surface area (TPSA) is 64.3 Å². The number of hydrogen-bond donors (Lipinski definition) is 2. The highest BCUT2D eigenvalue weighted by atomic mass is 16.5. The van der Waals surface area contributed by atoms with Crippen LogP contribution < -0.4 is 11.1 Å². The Bertz CT molecular complexity index is 278. The van der Waals surface area contributed by atoms with Crippen LogP contribution in [0.25, 0.3) is 0 Å². The lowest BCUT2D eigenvalue weighted by Crippen LogP contribution is -2.53. The Kier molecular flexibility index (Phi) is 3.22. The normalized spacial score (nSPS) is 31.9. The van der Waals surface area contributed by atoms with Gasteiger partial charge in [0.25, 0.3) is 0 Å². The molecule has 2 aliphatic rings. The van der Waals surface area contributed by atoms with Gasteiger partial charge in [0.05, 0.1) is 17.6 Å². The van der Waals surface area contributed by atoms with Gasteiger partial charge in [0, 0.05) is 13.2 Å². The molecule has 0 radical (unpaired) electrons. The van der Waals surface area contributed by atoms with Crippen LogP contribution in [0.5, 0.6) is 0 Å². The van der Waals surface area contributed by atoms with Gasteiger partial charge in [-0.2, -0.15) is 0 Å². The zero-order valence-corrected chi connectivity index (χ0v) is 10.2. The minimum atomic E-state index is -0.198. The fourth-order valence-corrected chi connectivity index (χ4v) is 2.26. The van der Waals surface area contributed by atoms with Crippen molar-refractivity contribution in [1.82, 2.24) is 5.32 Å². The number of ether oxygens (including phenoxy) is 1. The van der Waals surface area contributed by atoms with E-state index in [1.807, 2.05) is 6.92 Å². The summed E-state index contributed by atoms with van der Waals surface area (Å²) < 4.78 is 5.42. The number of carbonyl (C=O) groups is 1. The fourth-order valence-electron chi connectivity index (χ4n) is 2.26. The molecule has 2 aliphatic carbocycles. The molecule has 4 nitrogen and oxygen atoms in total. The Labute approximate surface area is 96.9 Å². The summed E-state index contributed by atoms with van der Waals surface area (Å²) in [7, 11) is 0. The minimum absolute atomic E-state index is 0.0598. The van der Waals surface area contributed by atoms with Crippen LogP contribution in [0.1, 0.15) is 33.1 Å². The van der Waals surface area contributed by atoms with Gasteiger partial charge in [0.1, 0.15) is 0 Å². The van der Waals surface area contributed by atoms with Gasteiger partial charge >= 0.3 is 0 Å². The molecule has 0 aromatic rings. The molecular weight excluding hydrogens is 204 g/mol. The third-order valence-corrected chi connectivity index (χ3v) is 3.76. The van der Waals surface area contributed by atoms with Crippen molar-refractivity contribution >= 4 is 5.91 Å². The van der Waals surface area contributed by atoms with E-state index >= 15 is 0 Å². The van der Waals surface area contributed by atoms with E-state index in [1.165, 1.54) is 12.8 Å². The Morgan fingerprint density at radius 3 is 2.75 bits per heavy atom. The van der Waals surface area contributed by atoms with Gasteiger partial charge in [-0.25, -0.2) is 0 Å². The molecule has 3 unspecified atom stereocenters. The zero-order chi connectivity index (χ0) is 11.8. The number of amides is 1. The van der Waals surface area contributed by atoms with Crippen molar-refractivity contribution in [2.45, 2.75) is 44.8 Å². The van der Waals surface area contributed by atoms with Gasteiger partial charge in [-0.15, -0.1) is 0 Å². The average Bonchev–Trinajstić information content (AvgIpc) is 3.11. The van der Waals surface area contributed by atoms with E-state index in [-0.39, 0.29) is 23.5 Å². The van der Waals surface area contributed by atoms with Crippen molar-refractivity contribution in [3.63, 3.8) is 0 Å². The molecule has 0 aliphatic heterocycles. The summed E-state index contributed by atoms with van der Waals surface area (Å²) in [6, 6.07) is 0. The fraction of sp³-hybridized carbons (Fsp3) is 0.917. The second-order valence-electron chi connectivity index (χ2n) is 5.22. The van der Waals surface area contributed by atoms with Gasteiger partial charge in [-0.3, -0.25) is 4.79 Å². The Morgan fingerprint density at radius 1 is 1.56 bits per heavy atom. The number of nitrogens with two attached hydrogens (primary N) is 1. The molecule has 16 heavy (non-hydrogen) atoms. The second kappa shape index (κ2) is 4.34. The van der Waals surface area contributed by atoms with Crippen LogP contribution >= 0.6 is 0 Å². The molecule has 0 bridgehead atoms. The van der Waals surface area contributed by atoms with Crippen LogP contribution in [0, 0.1) is 11.8 Å². The molecule has 0 spiro atoms. The lowest BCUT2D eigenvalue weighted by Gasteiger charge is -2.29. The predicted molar refractivity (Wildman–Crippen MR) is 61.8 cm³/mol. The van der Waals surface area contributed by atoms with Crippen molar-refractivity contribution in [1.29, 1.82) is 0 Å². The smallest absolute Gasteiger partial charge is 0.226 e. The third-order valence-electron chi connectivity index (χ3n) is 3.76. The summed E-state index contributed by atoms with van der Waals surface area (Å²) in [5.41, 5.74) is 5.57. The lowest BCUT2D eigenvalue weighted by atomic mass is 9.95. The largest absolute Gasteiger partial charge is 0.378 e.